The number of carbonyl (C=O) groups is 1. The maximum atomic E-state index is 11.9. The molecule has 0 unspecified atom stereocenters. The standard InChI is InChI=1S/C10H12BrNO3/c11-9-4-3-8(15-9)10(14)12-5-1-2-7(13)6-12/h3-4,7,13H,1-2,5-6H2/t7-/m0/s1. The van der Waals surface area contributed by atoms with E-state index in [1.165, 1.54) is 0 Å². The fourth-order valence-corrected chi connectivity index (χ4v) is 2.03. The van der Waals surface area contributed by atoms with E-state index in [0.717, 1.165) is 12.8 Å². The zero-order valence-electron chi connectivity index (χ0n) is 8.15. The molecule has 15 heavy (non-hydrogen) atoms. The van der Waals surface area contributed by atoms with Gasteiger partial charge in [-0.25, -0.2) is 0 Å². The summed E-state index contributed by atoms with van der Waals surface area (Å²) in [6.07, 6.45) is 1.21. The summed E-state index contributed by atoms with van der Waals surface area (Å²) in [5.74, 6) is 0.162. The summed E-state index contributed by atoms with van der Waals surface area (Å²) in [5.41, 5.74) is 0. The number of halogens is 1. The van der Waals surface area contributed by atoms with Crippen LogP contribution in [0.1, 0.15) is 23.4 Å². The van der Waals surface area contributed by atoms with Crippen LogP contribution in [-0.2, 0) is 0 Å². The first-order valence-electron chi connectivity index (χ1n) is 4.89. The Morgan fingerprint density at radius 1 is 1.60 bits per heavy atom. The second kappa shape index (κ2) is 4.37. The smallest absolute Gasteiger partial charge is 0.289 e. The Hall–Kier alpha value is -0.810. The Labute approximate surface area is 96.0 Å². The third-order valence-electron chi connectivity index (χ3n) is 2.47. The lowest BCUT2D eigenvalue weighted by Gasteiger charge is -2.29. The number of rotatable bonds is 1. The number of hydrogen-bond acceptors (Lipinski definition) is 3. The Morgan fingerprint density at radius 3 is 3.00 bits per heavy atom. The largest absolute Gasteiger partial charge is 0.444 e. The molecule has 1 N–H and O–H groups in total. The molecule has 1 aromatic rings. The van der Waals surface area contributed by atoms with Crippen LogP contribution in [0.2, 0.25) is 0 Å². The molecule has 2 rings (SSSR count). The highest BCUT2D eigenvalue weighted by Crippen LogP contribution is 2.18. The number of carbonyl (C=O) groups excluding carboxylic acids is 1. The Balaban J connectivity index is 2.07. The van der Waals surface area contributed by atoms with E-state index < -0.39 is 6.10 Å². The molecule has 1 amide bonds. The maximum Gasteiger partial charge on any atom is 0.289 e. The summed E-state index contributed by atoms with van der Waals surface area (Å²) in [5, 5.41) is 9.45. The molecule has 5 heteroatoms. The monoisotopic (exact) mass is 273 g/mol. The first-order valence-corrected chi connectivity index (χ1v) is 5.69. The number of aliphatic hydroxyl groups is 1. The van der Waals surface area contributed by atoms with Gasteiger partial charge in [-0.05, 0) is 40.9 Å². The molecule has 1 aromatic heterocycles. The molecule has 0 aromatic carbocycles. The van der Waals surface area contributed by atoms with Crippen molar-refractivity contribution < 1.29 is 14.3 Å². The number of hydrogen-bond donors (Lipinski definition) is 1. The highest BCUT2D eigenvalue weighted by atomic mass is 79.9. The number of β-amino-alcohol motifs (C(OH)–C–C–N with tert-alkyl or cyclic N) is 1. The van der Waals surface area contributed by atoms with Crippen molar-refractivity contribution in [1.29, 1.82) is 0 Å². The van der Waals surface area contributed by atoms with Crippen LogP contribution in [0.3, 0.4) is 0 Å². The molecule has 2 heterocycles. The number of amides is 1. The first-order chi connectivity index (χ1) is 7.16. The van der Waals surface area contributed by atoms with Crippen molar-refractivity contribution in [3.05, 3.63) is 22.6 Å². The average Bonchev–Trinajstić information content (AvgIpc) is 2.64. The highest BCUT2D eigenvalue weighted by molar-refractivity contribution is 9.10. The molecule has 4 nitrogen and oxygen atoms in total. The lowest BCUT2D eigenvalue weighted by Crippen LogP contribution is -2.42. The number of piperidine rings is 1. The summed E-state index contributed by atoms with van der Waals surface area (Å²) in [6.45, 7) is 1.09. The van der Waals surface area contributed by atoms with Crippen molar-refractivity contribution in [2.75, 3.05) is 13.1 Å². The predicted octanol–water partition coefficient (Wildman–Crippen LogP) is 1.64. The van der Waals surface area contributed by atoms with Crippen molar-refractivity contribution in [2.24, 2.45) is 0 Å². The van der Waals surface area contributed by atoms with Crippen molar-refractivity contribution in [3.8, 4) is 0 Å². The molecule has 0 aliphatic carbocycles. The van der Waals surface area contributed by atoms with E-state index in [0.29, 0.717) is 23.5 Å². The van der Waals surface area contributed by atoms with Crippen molar-refractivity contribution in [2.45, 2.75) is 18.9 Å². The number of furan rings is 1. The number of aliphatic hydroxyl groups excluding tert-OH is 1. The minimum Gasteiger partial charge on any atom is -0.444 e. The first kappa shape index (κ1) is 10.7. The van der Waals surface area contributed by atoms with Crippen LogP contribution in [0, 0.1) is 0 Å². The molecule has 0 bridgehead atoms. The van der Waals surface area contributed by atoms with E-state index in [-0.39, 0.29) is 5.91 Å². The summed E-state index contributed by atoms with van der Waals surface area (Å²) in [7, 11) is 0. The quantitative estimate of drug-likeness (QED) is 0.847. The van der Waals surface area contributed by atoms with Crippen molar-refractivity contribution in [1.82, 2.24) is 4.90 Å². The van der Waals surface area contributed by atoms with Gasteiger partial charge < -0.3 is 14.4 Å². The minimum atomic E-state index is -0.402. The molecule has 0 radical (unpaired) electrons. The van der Waals surface area contributed by atoms with Crippen LogP contribution < -0.4 is 0 Å². The van der Waals surface area contributed by atoms with E-state index in [1.807, 2.05) is 0 Å². The van der Waals surface area contributed by atoms with Gasteiger partial charge in [0.1, 0.15) is 0 Å². The van der Waals surface area contributed by atoms with E-state index in [4.69, 9.17) is 4.42 Å². The summed E-state index contributed by atoms with van der Waals surface area (Å²) >= 11 is 3.15. The van der Waals surface area contributed by atoms with E-state index in [9.17, 15) is 9.90 Å². The van der Waals surface area contributed by atoms with Gasteiger partial charge in [0.25, 0.3) is 5.91 Å². The van der Waals surface area contributed by atoms with Crippen LogP contribution >= 0.6 is 15.9 Å². The molecule has 82 valence electrons. The molecule has 0 spiro atoms. The minimum absolute atomic E-state index is 0.153. The summed E-state index contributed by atoms with van der Waals surface area (Å²) < 4.78 is 5.72. The highest BCUT2D eigenvalue weighted by Gasteiger charge is 2.24. The van der Waals surface area contributed by atoms with Crippen LogP contribution in [0.25, 0.3) is 0 Å². The third kappa shape index (κ3) is 2.41. The zero-order valence-corrected chi connectivity index (χ0v) is 9.74. The lowest BCUT2D eigenvalue weighted by molar-refractivity contribution is 0.0447. The molecular formula is C10H12BrNO3. The molecule has 1 aliphatic heterocycles. The van der Waals surface area contributed by atoms with Crippen LogP contribution in [0.5, 0.6) is 0 Å². The zero-order chi connectivity index (χ0) is 10.8. The third-order valence-corrected chi connectivity index (χ3v) is 2.89. The fourth-order valence-electron chi connectivity index (χ4n) is 1.72. The van der Waals surface area contributed by atoms with Gasteiger partial charge in [-0.1, -0.05) is 0 Å². The molecule has 1 atom stereocenters. The Kier molecular flexibility index (Phi) is 3.11. The van der Waals surface area contributed by atoms with Gasteiger partial charge in [0.2, 0.25) is 0 Å². The number of nitrogens with zero attached hydrogens (tertiary/aromatic N) is 1. The summed E-state index contributed by atoms with van der Waals surface area (Å²) in [4.78, 5) is 13.5. The van der Waals surface area contributed by atoms with Gasteiger partial charge in [0.15, 0.2) is 10.4 Å². The molecule has 1 fully saturated rings. The van der Waals surface area contributed by atoms with E-state index >= 15 is 0 Å². The number of likely N-dealkylation sites (tertiary alicyclic amines) is 1. The SMILES string of the molecule is O=C(c1ccc(Br)o1)N1CCC[C@H](O)C1. The normalized spacial score (nSPS) is 21.7. The van der Waals surface area contributed by atoms with Crippen LogP contribution in [0.15, 0.2) is 21.2 Å². The van der Waals surface area contributed by atoms with Gasteiger partial charge in [0, 0.05) is 13.1 Å². The maximum absolute atomic E-state index is 11.9. The molecule has 0 saturated carbocycles. The molecular weight excluding hydrogens is 262 g/mol. The molecule has 1 saturated heterocycles. The van der Waals surface area contributed by atoms with Gasteiger partial charge in [0.05, 0.1) is 6.10 Å². The van der Waals surface area contributed by atoms with Crippen molar-refractivity contribution >= 4 is 21.8 Å². The van der Waals surface area contributed by atoms with Crippen LogP contribution in [-0.4, -0.2) is 35.1 Å². The van der Waals surface area contributed by atoms with Crippen LogP contribution in [0.4, 0.5) is 0 Å². The Bertz CT molecular complexity index is 363. The Morgan fingerprint density at radius 2 is 2.40 bits per heavy atom. The fraction of sp³-hybridized carbons (Fsp3) is 0.500. The lowest BCUT2D eigenvalue weighted by atomic mass is 10.1. The predicted molar refractivity (Wildman–Crippen MR) is 57.6 cm³/mol. The second-order valence-corrected chi connectivity index (χ2v) is 4.43. The molecule has 1 aliphatic rings. The van der Waals surface area contributed by atoms with E-state index in [1.54, 1.807) is 17.0 Å². The second-order valence-electron chi connectivity index (χ2n) is 3.65. The van der Waals surface area contributed by atoms with Gasteiger partial charge in [-0.2, -0.15) is 0 Å². The average molecular weight is 274 g/mol. The van der Waals surface area contributed by atoms with Gasteiger partial charge in [-0.3, -0.25) is 4.79 Å². The topological polar surface area (TPSA) is 53.7 Å². The van der Waals surface area contributed by atoms with Gasteiger partial charge in [-0.15, -0.1) is 0 Å². The van der Waals surface area contributed by atoms with Gasteiger partial charge >= 0.3 is 0 Å². The van der Waals surface area contributed by atoms with E-state index in [2.05, 4.69) is 15.9 Å². The van der Waals surface area contributed by atoms with Crippen molar-refractivity contribution in [3.63, 3.8) is 0 Å². The summed E-state index contributed by atoms with van der Waals surface area (Å²) in [6, 6.07) is 3.32.